The van der Waals surface area contributed by atoms with E-state index < -0.39 is 6.43 Å². The third-order valence-corrected chi connectivity index (χ3v) is 7.25. The lowest BCUT2D eigenvalue weighted by Crippen LogP contribution is -2.23. The Kier molecular flexibility index (Phi) is 17.7. The van der Waals surface area contributed by atoms with Gasteiger partial charge in [-0.15, -0.1) is 0 Å². The summed E-state index contributed by atoms with van der Waals surface area (Å²) in [5.74, 6) is -0.0432. The van der Waals surface area contributed by atoms with Crippen LogP contribution in [0, 0.1) is 13.8 Å². The fourth-order valence-electron chi connectivity index (χ4n) is 4.04. The van der Waals surface area contributed by atoms with Crippen molar-refractivity contribution in [3.05, 3.63) is 137 Å². The zero-order valence-corrected chi connectivity index (χ0v) is 27.2. The van der Waals surface area contributed by atoms with Crippen molar-refractivity contribution in [2.45, 2.75) is 39.8 Å². The van der Waals surface area contributed by atoms with Gasteiger partial charge < -0.3 is 20.3 Å². The first-order valence-corrected chi connectivity index (χ1v) is 15.9. The normalized spacial score (nSPS) is 10.1. The molecule has 0 spiro atoms. The second-order valence-corrected chi connectivity index (χ2v) is 11.1. The molecule has 2 amide bonds. The molecule has 3 N–H and O–H groups in total. The van der Waals surface area contributed by atoms with E-state index in [0.29, 0.717) is 31.6 Å². The van der Waals surface area contributed by atoms with E-state index in [1.165, 1.54) is 17.7 Å². The molecule has 0 atom stereocenters. The SMILES string of the molecule is CSN(C)c1cc(C)cc(C(=O)NCc2ccccc2)c1.Cc1ccccc1.O=CNCCCNCc1cccc(C(F)F)c1. The Morgan fingerprint density at radius 1 is 0.822 bits per heavy atom. The molecule has 45 heavy (non-hydrogen) atoms. The van der Waals surface area contributed by atoms with E-state index >= 15 is 0 Å². The number of nitrogens with zero attached hydrogens (tertiary/aromatic N) is 1. The Hall–Kier alpha value is -4.21. The predicted octanol–water partition coefficient (Wildman–Crippen LogP) is 7.48. The lowest BCUT2D eigenvalue weighted by Gasteiger charge is -2.17. The molecule has 0 aromatic heterocycles. The predicted molar refractivity (Wildman–Crippen MR) is 184 cm³/mol. The van der Waals surface area contributed by atoms with Crippen LogP contribution < -0.4 is 20.3 Å². The second-order valence-electron chi connectivity index (χ2n) is 10.2. The van der Waals surface area contributed by atoms with Crippen LogP contribution in [0.25, 0.3) is 0 Å². The van der Waals surface area contributed by atoms with E-state index in [9.17, 15) is 18.4 Å². The molecule has 0 radical (unpaired) electrons. The number of alkyl halides is 2. The monoisotopic (exact) mass is 634 g/mol. The topological polar surface area (TPSA) is 73.5 Å². The van der Waals surface area contributed by atoms with Gasteiger partial charge in [0.05, 0.1) is 0 Å². The summed E-state index contributed by atoms with van der Waals surface area (Å²) < 4.78 is 26.9. The minimum Gasteiger partial charge on any atom is -0.359 e. The molecule has 6 nitrogen and oxygen atoms in total. The summed E-state index contributed by atoms with van der Waals surface area (Å²) in [6.45, 7) is 6.54. The zero-order chi connectivity index (χ0) is 32.9. The summed E-state index contributed by atoms with van der Waals surface area (Å²) in [6.07, 6.45) is 1.06. The van der Waals surface area contributed by atoms with Gasteiger partial charge in [-0.1, -0.05) is 96.4 Å². The first-order valence-electron chi connectivity index (χ1n) is 14.7. The molecule has 0 fully saturated rings. The van der Waals surface area contributed by atoms with Gasteiger partial charge in [-0.05, 0) is 67.8 Å². The summed E-state index contributed by atoms with van der Waals surface area (Å²) in [7, 11) is 1.99. The summed E-state index contributed by atoms with van der Waals surface area (Å²) in [6, 6.07) is 32.4. The molecule has 4 rings (SSSR count). The van der Waals surface area contributed by atoms with Gasteiger partial charge in [0.2, 0.25) is 6.41 Å². The Labute approximate surface area is 270 Å². The van der Waals surface area contributed by atoms with Crippen LogP contribution in [0.15, 0.2) is 103 Å². The van der Waals surface area contributed by atoms with Crippen LogP contribution in [-0.2, 0) is 17.9 Å². The number of benzene rings is 4. The summed E-state index contributed by atoms with van der Waals surface area (Å²) >= 11 is 1.62. The molecule has 0 aliphatic rings. The lowest BCUT2D eigenvalue weighted by atomic mass is 10.1. The zero-order valence-electron chi connectivity index (χ0n) is 26.4. The van der Waals surface area contributed by atoms with Crippen LogP contribution in [0.1, 0.15) is 51.0 Å². The Morgan fingerprint density at radius 3 is 2.09 bits per heavy atom. The minimum atomic E-state index is -2.42. The summed E-state index contributed by atoms with van der Waals surface area (Å²) in [5.41, 5.74) is 6.12. The molecule has 9 heteroatoms. The minimum absolute atomic E-state index is 0.0432. The van der Waals surface area contributed by atoms with Crippen LogP contribution >= 0.6 is 11.9 Å². The van der Waals surface area contributed by atoms with Gasteiger partial charge in [-0.2, -0.15) is 0 Å². The molecule has 0 heterocycles. The van der Waals surface area contributed by atoms with Crippen molar-refractivity contribution in [1.29, 1.82) is 0 Å². The number of amides is 2. The molecule has 0 bridgehead atoms. The van der Waals surface area contributed by atoms with Crippen LogP contribution in [0.5, 0.6) is 0 Å². The van der Waals surface area contributed by atoms with Crippen molar-refractivity contribution in [2.24, 2.45) is 0 Å². The Balaban J connectivity index is 0.000000262. The molecule has 0 aliphatic carbocycles. The molecule has 240 valence electrons. The number of nitrogens with one attached hydrogen (secondary N) is 3. The third-order valence-electron chi connectivity index (χ3n) is 6.49. The number of halogens is 2. The maximum absolute atomic E-state index is 12.4. The van der Waals surface area contributed by atoms with Gasteiger partial charge >= 0.3 is 0 Å². The molecular formula is C36H44F2N4O2S. The number of aryl methyl sites for hydroxylation is 2. The van der Waals surface area contributed by atoms with E-state index in [4.69, 9.17) is 0 Å². The van der Waals surface area contributed by atoms with Crippen LogP contribution in [-0.4, -0.2) is 38.7 Å². The highest BCUT2D eigenvalue weighted by molar-refractivity contribution is 7.99. The second kappa shape index (κ2) is 21.5. The van der Waals surface area contributed by atoms with E-state index in [2.05, 4.69) is 41.1 Å². The van der Waals surface area contributed by atoms with Gasteiger partial charge in [0, 0.05) is 49.8 Å². The molecule has 0 saturated carbocycles. The van der Waals surface area contributed by atoms with Gasteiger partial charge in [-0.25, -0.2) is 8.78 Å². The molecule has 0 unspecified atom stereocenters. The maximum Gasteiger partial charge on any atom is 0.263 e. The van der Waals surface area contributed by atoms with Crippen LogP contribution in [0.3, 0.4) is 0 Å². The summed E-state index contributed by atoms with van der Waals surface area (Å²) in [5, 5.41) is 8.64. The lowest BCUT2D eigenvalue weighted by molar-refractivity contribution is -0.109. The highest BCUT2D eigenvalue weighted by atomic mass is 32.2. The van der Waals surface area contributed by atoms with Gasteiger partial charge in [0.1, 0.15) is 0 Å². The maximum atomic E-state index is 12.4. The first-order chi connectivity index (χ1) is 21.7. The standard InChI is InChI=1S/C17H20N2OS.C12H16F2N2O.C7H8/c1-13-9-15(11-16(10-13)19(2)21-3)17(20)18-12-14-7-5-4-6-8-14;13-12(14)11-4-1-3-10(7-11)8-15-5-2-6-16-9-17;1-7-5-3-2-4-6-7/h4-11H,12H2,1-3H3,(H,18,20);1,3-4,7,9,12,15H,2,5-6,8H2,(H,16,17);2-6H,1H3. The highest BCUT2D eigenvalue weighted by Gasteiger charge is 2.10. The number of rotatable bonds is 13. The van der Waals surface area contributed by atoms with Crippen molar-refractivity contribution in [1.82, 2.24) is 16.0 Å². The first kappa shape index (κ1) is 37.0. The number of hydrogen-bond acceptors (Lipinski definition) is 5. The Morgan fingerprint density at radius 2 is 1.49 bits per heavy atom. The quantitative estimate of drug-likeness (QED) is 0.0808. The number of anilines is 1. The van der Waals surface area contributed by atoms with Crippen molar-refractivity contribution in [2.75, 3.05) is 30.7 Å². The van der Waals surface area contributed by atoms with E-state index in [-0.39, 0.29) is 11.5 Å². The fraction of sp³-hybridized carbons (Fsp3) is 0.278. The van der Waals surface area contributed by atoms with Gasteiger partial charge in [-0.3, -0.25) is 9.59 Å². The van der Waals surface area contributed by atoms with Crippen molar-refractivity contribution < 1.29 is 18.4 Å². The highest BCUT2D eigenvalue weighted by Crippen LogP contribution is 2.22. The van der Waals surface area contributed by atoms with Crippen molar-refractivity contribution in [3.63, 3.8) is 0 Å². The van der Waals surface area contributed by atoms with Crippen LogP contribution in [0.4, 0.5) is 14.5 Å². The molecule has 0 saturated heterocycles. The molecule has 4 aromatic rings. The average Bonchev–Trinajstić information content (AvgIpc) is 3.06. The van der Waals surface area contributed by atoms with E-state index in [0.717, 1.165) is 35.3 Å². The van der Waals surface area contributed by atoms with E-state index in [1.807, 2.05) is 91.3 Å². The molecule has 0 aliphatic heterocycles. The largest absolute Gasteiger partial charge is 0.359 e. The smallest absolute Gasteiger partial charge is 0.263 e. The van der Waals surface area contributed by atoms with Gasteiger partial charge in [0.15, 0.2) is 0 Å². The van der Waals surface area contributed by atoms with Crippen molar-refractivity contribution >= 4 is 30.0 Å². The molecular weight excluding hydrogens is 590 g/mol. The Bertz CT molecular complexity index is 1410. The number of carbonyl (C=O) groups is 2. The van der Waals surface area contributed by atoms with E-state index in [1.54, 1.807) is 18.0 Å². The number of hydrogen-bond donors (Lipinski definition) is 3. The van der Waals surface area contributed by atoms with Gasteiger partial charge in [0.25, 0.3) is 12.3 Å². The number of carbonyl (C=O) groups excluding carboxylic acids is 2. The third kappa shape index (κ3) is 15.4. The average molecular weight is 635 g/mol. The molecule has 4 aromatic carbocycles. The van der Waals surface area contributed by atoms with Crippen molar-refractivity contribution in [3.8, 4) is 0 Å². The fourth-order valence-corrected chi connectivity index (χ4v) is 4.36. The van der Waals surface area contributed by atoms with Crippen LogP contribution in [0.2, 0.25) is 0 Å². The summed E-state index contributed by atoms with van der Waals surface area (Å²) in [4.78, 5) is 22.3.